The van der Waals surface area contributed by atoms with Crippen molar-refractivity contribution in [2.24, 2.45) is 0 Å². The van der Waals surface area contributed by atoms with Gasteiger partial charge >= 0.3 is 0 Å². The van der Waals surface area contributed by atoms with Crippen LogP contribution in [0.25, 0.3) is 131 Å². The summed E-state index contributed by atoms with van der Waals surface area (Å²) in [6.07, 6.45) is 0. The molecule has 0 fully saturated rings. The Bertz CT molecular complexity index is 4180. The highest BCUT2D eigenvalue weighted by Crippen LogP contribution is 2.46. The number of nitrogens with zero attached hydrogens (tertiary/aromatic N) is 4. The van der Waals surface area contributed by atoms with E-state index < -0.39 is 0 Å². The van der Waals surface area contributed by atoms with Gasteiger partial charge in [0.2, 0.25) is 0 Å². The van der Waals surface area contributed by atoms with Crippen molar-refractivity contribution in [3.05, 3.63) is 206 Å². The molecule has 62 heavy (non-hydrogen) atoms. The van der Waals surface area contributed by atoms with Crippen LogP contribution in [0.1, 0.15) is 0 Å². The maximum absolute atomic E-state index is 5.79. The molecular weight excluding hydrogens is 753 g/mol. The van der Waals surface area contributed by atoms with Crippen molar-refractivity contribution in [1.82, 2.24) is 19.1 Å². The molecule has 11 aromatic carbocycles. The van der Waals surface area contributed by atoms with Crippen molar-refractivity contribution in [2.45, 2.75) is 0 Å². The van der Waals surface area contributed by atoms with Crippen LogP contribution in [0.2, 0.25) is 0 Å². The van der Waals surface area contributed by atoms with Gasteiger partial charge in [-0.3, -0.25) is 4.57 Å². The summed E-state index contributed by atoms with van der Waals surface area (Å²) in [5.74, 6) is 0.801. The van der Waals surface area contributed by atoms with Gasteiger partial charge in [-0.1, -0.05) is 164 Å². The lowest BCUT2D eigenvalue weighted by atomic mass is 9.91. The molecule has 3 aromatic heterocycles. The van der Waals surface area contributed by atoms with Crippen molar-refractivity contribution in [2.75, 3.05) is 0 Å². The zero-order chi connectivity index (χ0) is 40.5. The van der Waals surface area contributed by atoms with Gasteiger partial charge < -0.3 is 4.57 Å². The van der Waals surface area contributed by atoms with Crippen LogP contribution in [-0.4, -0.2) is 19.1 Å². The predicted octanol–water partition coefficient (Wildman–Crippen LogP) is 15.3. The van der Waals surface area contributed by atoms with Gasteiger partial charge in [0.25, 0.3) is 0 Å². The summed E-state index contributed by atoms with van der Waals surface area (Å²) in [5, 5.41) is 17.0. The number of rotatable bonds is 3. The Morgan fingerprint density at radius 1 is 0.306 bits per heavy atom. The van der Waals surface area contributed by atoms with E-state index >= 15 is 0 Å². The molecule has 0 N–H and O–H groups in total. The Hall–Kier alpha value is -8.34. The third kappa shape index (κ3) is 4.55. The van der Waals surface area contributed by atoms with E-state index in [4.69, 9.17) is 9.97 Å². The van der Waals surface area contributed by atoms with E-state index in [-0.39, 0.29) is 0 Å². The molecule has 14 aromatic rings. The average molecular weight is 787 g/mol. The van der Waals surface area contributed by atoms with Crippen LogP contribution < -0.4 is 0 Å². The molecule has 4 nitrogen and oxygen atoms in total. The molecule has 0 amide bonds. The lowest BCUT2D eigenvalue weighted by Crippen LogP contribution is -2.04. The number of fused-ring (bicyclic) bond motifs is 18. The molecule has 3 heterocycles. The predicted molar refractivity (Wildman–Crippen MR) is 261 cm³/mol. The van der Waals surface area contributed by atoms with E-state index in [2.05, 4.69) is 215 Å². The van der Waals surface area contributed by atoms with Crippen molar-refractivity contribution < 1.29 is 0 Å². The van der Waals surface area contributed by atoms with E-state index in [0.717, 1.165) is 61.1 Å². The Morgan fingerprint density at radius 3 is 1.65 bits per heavy atom. The summed E-state index contributed by atoms with van der Waals surface area (Å²) in [4.78, 5) is 11.4. The molecule has 0 atom stereocenters. The third-order valence-electron chi connectivity index (χ3n) is 13.2. The number of hydrogen-bond donors (Lipinski definition) is 0. The summed E-state index contributed by atoms with van der Waals surface area (Å²) in [7, 11) is 0. The molecule has 0 saturated carbocycles. The Balaban J connectivity index is 1.18. The van der Waals surface area contributed by atoms with E-state index in [1.165, 1.54) is 70.2 Å². The first-order valence-electron chi connectivity index (χ1n) is 21.3. The quantitative estimate of drug-likeness (QED) is 0.167. The Kier molecular flexibility index (Phi) is 6.80. The average Bonchev–Trinajstić information content (AvgIpc) is 3.86. The van der Waals surface area contributed by atoms with Crippen molar-refractivity contribution in [3.63, 3.8) is 0 Å². The number of hydrogen-bond acceptors (Lipinski definition) is 2. The fraction of sp³-hybridized carbons (Fsp3) is 0. The molecule has 4 heteroatoms. The maximum atomic E-state index is 5.79. The van der Waals surface area contributed by atoms with Crippen LogP contribution >= 0.6 is 0 Å². The second kappa shape index (κ2) is 12.6. The smallest absolute Gasteiger partial charge is 0.165 e. The van der Waals surface area contributed by atoms with Gasteiger partial charge in [-0.25, -0.2) is 9.97 Å². The fourth-order valence-corrected chi connectivity index (χ4v) is 10.6. The molecule has 0 saturated heterocycles. The van der Waals surface area contributed by atoms with Gasteiger partial charge in [0.15, 0.2) is 5.82 Å². The van der Waals surface area contributed by atoms with Crippen LogP contribution in [-0.2, 0) is 0 Å². The first-order chi connectivity index (χ1) is 30.8. The number of aromatic nitrogens is 4. The fourth-order valence-electron chi connectivity index (χ4n) is 10.6. The molecule has 286 valence electrons. The molecule has 0 aliphatic rings. The van der Waals surface area contributed by atoms with Gasteiger partial charge in [0.05, 0.1) is 33.1 Å². The molecule has 0 radical (unpaired) electrons. The molecule has 0 aliphatic carbocycles. The zero-order valence-electron chi connectivity index (χ0n) is 33.4. The molecule has 0 bridgehead atoms. The van der Waals surface area contributed by atoms with Crippen molar-refractivity contribution in [1.29, 1.82) is 0 Å². The van der Waals surface area contributed by atoms with Gasteiger partial charge in [-0.05, 0) is 85.6 Å². The minimum atomic E-state index is 0.801. The summed E-state index contributed by atoms with van der Waals surface area (Å²) in [6.45, 7) is 0. The van der Waals surface area contributed by atoms with Gasteiger partial charge in [0, 0.05) is 43.6 Å². The van der Waals surface area contributed by atoms with E-state index in [1.54, 1.807) is 0 Å². The van der Waals surface area contributed by atoms with Crippen LogP contribution in [0.3, 0.4) is 0 Å². The second-order valence-electron chi connectivity index (χ2n) is 16.5. The molecule has 0 unspecified atom stereocenters. The van der Waals surface area contributed by atoms with Crippen LogP contribution in [0.15, 0.2) is 206 Å². The Labute approximate surface area is 355 Å². The summed E-state index contributed by atoms with van der Waals surface area (Å²) >= 11 is 0. The lowest BCUT2D eigenvalue weighted by molar-refractivity contribution is 1.08. The van der Waals surface area contributed by atoms with E-state index in [9.17, 15) is 0 Å². The standard InChI is InChI=1S/C58H34N4/c1-2-16-38(17-3-1)61-49-25-13-12-23-44(49)45-29-26-37(34-52(45)61)56-58(60-57-40-19-7-5-15-36(40)27-31-48(57)59-56)62-50-32-28-35-14-4-6-18-39(35)54(50)55-51(62)33-30-47-43-22-9-8-20-41(43)42-21-10-11-24-46(42)53(47)55/h1-34H. The maximum Gasteiger partial charge on any atom is 0.165 e. The van der Waals surface area contributed by atoms with Crippen molar-refractivity contribution >= 4 is 109 Å². The monoisotopic (exact) mass is 786 g/mol. The summed E-state index contributed by atoms with van der Waals surface area (Å²) in [5.41, 5.74) is 9.18. The molecule has 14 rings (SSSR count). The zero-order valence-corrected chi connectivity index (χ0v) is 33.4. The Morgan fingerprint density at radius 2 is 0.855 bits per heavy atom. The minimum absolute atomic E-state index is 0.801. The largest absolute Gasteiger partial charge is 0.309 e. The van der Waals surface area contributed by atoms with Gasteiger partial charge in [0.1, 0.15) is 5.69 Å². The van der Waals surface area contributed by atoms with Crippen LogP contribution in [0, 0.1) is 0 Å². The van der Waals surface area contributed by atoms with Crippen LogP contribution in [0.4, 0.5) is 0 Å². The number of para-hydroxylation sites is 2. The highest BCUT2D eigenvalue weighted by molar-refractivity contribution is 6.38. The normalized spacial score (nSPS) is 12.2. The van der Waals surface area contributed by atoms with Crippen molar-refractivity contribution in [3.8, 4) is 22.8 Å². The molecular formula is C58H34N4. The lowest BCUT2D eigenvalue weighted by Gasteiger charge is -2.16. The van der Waals surface area contributed by atoms with Crippen LogP contribution in [0.5, 0.6) is 0 Å². The highest BCUT2D eigenvalue weighted by Gasteiger charge is 2.25. The van der Waals surface area contributed by atoms with E-state index in [1.807, 2.05) is 0 Å². The highest BCUT2D eigenvalue weighted by atomic mass is 15.1. The topological polar surface area (TPSA) is 35.6 Å². The third-order valence-corrected chi connectivity index (χ3v) is 13.2. The van der Waals surface area contributed by atoms with E-state index in [0.29, 0.717) is 0 Å². The first-order valence-corrected chi connectivity index (χ1v) is 21.3. The molecule has 0 spiro atoms. The summed E-state index contributed by atoms with van der Waals surface area (Å²) in [6, 6.07) is 74.8. The first kappa shape index (κ1) is 33.5. The SMILES string of the molecule is c1ccc(-n2c3ccccc3c3ccc(-c4nc5ccc6ccccc6c5nc4-n4c5ccc6ccccc6c5c5c6c7ccccc7c7ccccc7c6ccc54)cc32)cc1. The van der Waals surface area contributed by atoms with Gasteiger partial charge in [-0.2, -0.15) is 0 Å². The van der Waals surface area contributed by atoms with Gasteiger partial charge in [-0.15, -0.1) is 0 Å². The second-order valence-corrected chi connectivity index (χ2v) is 16.5. The summed E-state index contributed by atoms with van der Waals surface area (Å²) < 4.78 is 4.78. The minimum Gasteiger partial charge on any atom is -0.309 e. The number of benzene rings is 11. The molecule has 0 aliphatic heterocycles.